The van der Waals surface area contributed by atoms with Gasteiger partial charge in [0.25, 0.3) is 22.8 Å². The number of rotatable bonds is 14. The number of halogens is 4. The molecule has 14 N–H and O–H groups in total. The van der Waals surface area contributed by atoms with E-state index in [4.69, 9.17) is 98.1 Å². The number of anilines is 2. The summed E-state index contributed by atoms with van der Waals surface area (Å²) in [6.07, 6.45) is -3.93. The minimum atomic E-state index is -5.49. The van der Waals surface area contributed by atoms with Crippen LogP contribution in [-0.4, -0.2) is 128 Å². The number of nitrogens with one attached hydrogen (secondary N) is 2. The number of aliphatic hydroxyl groups excluding tert-OH is 2. The van der Waals surface area contributed by atoms with Crippen molar-refractivity contribution in [2.24, 2.45) is 0 Å². The molecule has 0 radical (unpaired) electrons. The molecule has 0 aliphatic carbocycles. The Labute approximate surface area is 373 Å². The van der Waals surface area contributed by atoms with Crippen molar-refractivity contribution in [2.45, 2.75) is 49.7 Å². The van der Waals surface area contributed by atoms with Crippen LogP contribution in [0.15, 0.2) is 22.2 Å². The lowest BCUT2D eigenvalue weighted by Crippen LogP contribution is -2.28. The first-order valence-corrected chi connectivity index (χ1v) is 30.4. The van der Waals surface area contributed by atoms with Gasteiger partial charge in [-0.15, -0.1) is 0 Å². The molecular formula is C22H38Cl4N10O21P6. The van der Waals surface area contributed by atoms with Crippen LogP contribution in [0.4, 0.5) is 11.9 Å². The van der Waals surface area contributed by atoms with Crippen molar-refractivity contribution in [1.29, 1.82) is 0 Å². The second-order valence-electron chi connectivity index (χ2n) is 12.7. The zero-order chi connectivity index (χ0) is 49.7. The Balaban J connectivity index is 0.000000401. The summed E-state index contributed by atoms with van der Waals surface area (Å²) in [7, 11) is -20.8. The van der Waals surface area contributed by atoms with Crippen molar-refractivity contribution >= 4 is 122 Å². The third kappa shape index (κ3) is 16.6. The molecule has 31 nitrogen and oxygen atoms in total. The number of hydrogen-bond donors (Lipinski definition) is 12. The summed E-state index contributed by atoms with van der Waals surface area (Å²) in [5.41, 5.74) is 10.1. The number of aromatic amines is 2. The standard InChI is InChI=1S/C11H19N5O15P4.C10H13N5O4.CH2Cl4O2P2.2H2/c12-11-14-9-8(10(17)15-11)13-3-16(9)7-1-5(30-35(26,27)31-34(23,24)25)6(29-7)2-28-33(21,22)4-32(18,19)20;11-10-13-8-7(9(18)14-10)12-3-15(8)6-1-4(17)5(2-16)19-6;2-8(3,6)1-9(4,5)7;;/h3,5-7H,1-2,4H2,(H,21,22)(H,26,27)(H2,18,19,20)(H2,23,24,25)(H3,12,14,15,17);3-6,16-17H,1-2H2,(H3,11,13,14,18);1H2;2*1H/i;;;1+1D;1+1. The highest BCUT2D eigenvalue weighted by Gasteiger charge is 2.45. The molecule has 63 heavy (non-hydrogen) atoms. The minimum Gasteiger partial charge on any atom is -0.394 e. The van der Waals surface area contributed by atoms with Crippen LogP contribution in [0, 0.1) is 0 Å². The molecule has 2 saturated heterocycles. The maximum absolute atomic E-state index is 12.0. The van der Waals surface area contributed by atoms with Gasteiger partial charge in [0.15, 0.2) is 28.2 Å². The predicted molar refractivity (Wildman–Crippen MR) is 224 cm³/mol. The van der Waals surface area contributed by atoms with Gasteiger partial charge in [-0.3, -0.25) is 51.5 Å². The van der Waals surface area contributed by atoms with E-state index in [1.807, 2.05) is 0 Å². The molecule has 4 aromatic rings. The molecule has 4 aromatic heterocycles. The SMILES string of the molecule is Nc1nc2c(ncn2C2CC(O)C(CO)O2)c(=O)[nH]1.Nc1nc2c(ncn2C2CC(OP(=O)(O)OP(=O)(O)O)C(COP(=O)(O)CP(=O)(O)O)O2)c(=O)[nH]1.O=P(Cl)(Cl)CP(=O)(Cl)Cl.[2HH].[2H][2H]. The highest BCUT2D eigenvalue weighted by molar-refractivity contribution is 8.21. The Morgan fingerprint density at radius 2 is 1.25 bits per heavy atom. The third-order valence-corrected chi connectivity index (χ3v) is 19.8. The van der Waals surface area contributed by atoms with Crippen LogP contribution in [0.25, 0.3) is 22.3 Å². The maximum atomic E-state index is 12.0. The van der Waals surface area contributed by atoms with Crippen LogP contribution in [0.5, 0.6) is 0 Å². The van der Waals surface area contributed by atoms with E-state index in [1.54, 1.807) is 0 Å². The first kappa shape index (κ1) is 52.3. The zero-order valence-corrected chi connectivity index (χ0v) is 39.2. The lowest BCUT2D eigenvalue weighted by atomic mass is 10.2. The molecule has 0 aromatic carbocycles. The van der Waals surface area contributed by atoms with E-state index in [-0.39, 0.29) is 48.7 Å². The number of phosphoric acid groups is 2. The first-order valence-electron chi connectivity index (χ1n) is 17.4. The highest BCUT2D eigenvalue weighted by atomic mass is 35.9. The van der Waals surface area contributed by atoms with Gasteiger partial charge in [-0.05, 0) is 45.0 Å². The van der Waals surface area contributed by atoms with E-state index in [0.29, 0.717) is 0 Å². The normalized spacial score (nSPS) is 24.1. The monoisotopic (exact) mass is 1110 g/mol. The summed E-state index contributed by atoms with van der Waals surface area (Å²) in [6.45, 7) is -1.21. The van der Waals surface area contributed by atoms with Crippen LogP contribution in [0.2, 0.25) is 0 Å². The van der Waals surface area contributed by atoms with E-state index < -0.39 is 115 Å². The first-order chi connectivity index (χ1) is 29.6. The van der Waals surface area contributed by atoms with Crippen LogP contribution in [-0.2, 0) is 50.2 Å². The van der Waals surface area contributed by atoms with Gasteiger partial charge >= 0.3 is 30.8 Å². The number of nitrogens with zero attached hydrogens (tertiary/aromatic N) is 6. The summed E-state index contributed by atoms with van der Waals surface area (Å²) < 4.78 is 104. The summed E-state index contributed by atoms with van der Waals surface area (Å²) in [6, 6.07) is 0. The van der Waals surface area contributed by atoms with Gasteiger partial charge in [0, 0.05) is 17.2 Å². The molecule has 2 fully saturated rings. The number of imidazole rings is 2. The molecule has 41 heteroatoms. The lowest BCUT2D eigenvalue weighted by Gasteiger charge is -2.22. The van der Waals surface area contributed by atoms with Crippen molar-refractivity contribution in [3.63, 3.8) is 0 Å². The molecular weight excluding hydrogens is 1070 g/mol. The summed E-state index contributed by atoms with van der Waals surface area (Å²) in [5, 5.41) is 18.8. The summed E-state index contributed by atoms with van der Waals surface area (Å²) in [4.78, 5) is 98.7. The quantitative estimate of drug-likeness (QED) is 0.0804. The average molecular weight is 1110 g/mol. The second-order valence-corrected chi connectivity index (χ2v) is 30.5. The Kier molecular flexibility index (Phi) is 17.2. The van der Waals surface area contributed by atoms with Crippen molar-refractivity contribution in [3.05, 3.63) is 33.4 Å². The van der Waals surface area contributed by atoms with Gasteiger partial charge in [0.2, 0.25) is 11.9 Å². The number of phosphoric ester groups is 1. The van der Waals surface area contributed by atoms with Crippen LogP contribution in [0.3, 0.4) is 0 Å². The van der Waals surface area contributed by atoms with E-state index in [2.05, 4.69) is 38.7 Å². The number of aliphatic hydroxyl groups is 2. The molecule has 360 valence electrons. The van der Waals surface area contributed by atoms with Gasteiger partial charge < -0.3 is 65.0 Å². The molecule has 8 unspecified atom stereocenters. The summed E-state index contributed by atoms with van der Waals surface area (Å²) in [5.74, 6) is -9.12. The maximum Gasteiger partial charge on any atom is 0.481 e. The number of aromatic nitrogens is 8. The van der Waals surface area contributed by atoms with Gasteiger partial charge in [-0.25, -0.2) is 19.1 Å². The molecule has 8 atom stereocenters. The van der Waals surface area contributed by atoms with Crippen molar-refractivity contribution in [3.8, 4) is 0 Å². The fourth-order valence-corrected chi connectivity index (χ4v) is 18.8. The number of fused-ring (bicyclic) bond motifs is 2. The number of nitrogen functional groups attached to an aromatic ring is 2. The highest BCUT2D eigenvalue weighted by Crippen LogP contribution is 2.72. The van der Waals surface area contributed by atoms with Crippen molar-refractivity contribution in [2.75, 3.05) is 36.5 Å². The Morgan fingerprint density at radius 3 is 1.65 bits per heavy atom. The van der Waals surface area contributed by atoms with Crippen molar-refractivity contribution in [1.82, 2.24) is 39.0 Å². The van der Waals surface area contributed by atoms with Crippen LogP contribution in [0.1, 0.15) is 29.7 Å². The second kappa shape index (κ2) is 20.7. The number of ether oxygens (including phenoxy) is 2. The van der Waals surface area contributed by atoms with Crippen molar-refractivity contribution < 1.29 is 94.2 Å². The van der Waals surface area contributed by atoms with E-state index in [0.717, 1.165) is 10.9 Å². The van der Waals surface area contributed by atoms with Gasteiger partial charge in [0.05, 0.1) is 32.0 Å². The Bertz CT molecular complexity index is 2700. The zero-order valence-electron chi connectivity index (χ0n) is 32.8. The number of hydrogen-bond acceptors (Lipinski definition) is 21. The molecule has 6 heterocycles. The Hall–Kier alpha value is -1.68. The van der Waals surface area contributed by atoms with E-state index >= 15 is 0 Å². The van der Waals surface area contributed by atoms with E-state index in [9.17, 15) is 51.9 Å². The average Bonchev–Trinajstić information content (AvgIpc) is 3.90. The predicted octanol–water partition coefficient (Wildman–Crippen LogP) is 2.04. The Morgan fingerprint density at radius 1 is 0.794 bits per heavy atom. The van der Waals surface area contributed by atoms with Gasteiger partial charge in [-0.1, -0.05) is 0 Å². The molecule has 6 rings (SSSR count). The van der Waals surface area contributed by atoms with Gasteiger partial charge in [0.1, 0.15) is 36.7 Å². The molecule has 2 aliphatic rings. The smallest absolute Gasteiger partial charge is 0.394 e. The van der Waals surface area contributed by atoms with Crippen LogP contribution >= 0.6 is 87.5 Å². The van der Waals surface area contributed by atoms with Crippen LogP contribution < -0.4 is 22.6 Å². The molecule has 2 aliphatic heterocycles. The number of nitrogens with two attached hydrogens (primary N) is 2. The number of H-pyrrole nitrogens is 2. The van der Waals surface area contributed by atoms with E-state index in [1.165, 1.54) is 10.9 Å². The third-order valence-electron chi connectivity index (χ3n) is 7.70. The fourth-order valence-electron chi connectivity index (χ4n) is 5.47. The minimum absolute atomic E-state index is 0. The fraction of sp³-hybridized carbons (Fsp3) is 0.545. The van der Waals surface area contributed by atoms with Gasteiger partial charge in [-0.2, -0.15) is 14.3 Å². The topological polar surface area (TPSA) is 490 Å². The molecule has 0 amide bonds. The summed E-state index contributed by atoms with van der Waals surface area (Å²) >= 11 is 20.0. The largest absolute Gasteiger partial charge is 0.481 e. The molecule has 0 saturated carbocycles. The lowest BCUT2D eigenvalue weighted by molar-refractivity contribution is -0.0432. The molecule has 0 bridgehead atoms. The molecule has 0 spiro atoms.